The summed E-state index contributed by atoms with van der Waals surface area (Å²) in [5, 5.41) is 6.13. The second-order valence-electron chi connectivity index (χ2n) is 5.53. The number of alkyl halides is 3. The van der Waals surface area contributed by atoms with Crippen molar-refractivity contribution in [2.75, 3.05) is 5.32 Å². The van der Waals surface area contributed by atoms with Crippen LogP contribution in [0, 0.1) is 17.7 Å². The summed E-state index contributed by atoms with van der Waals surface area (Å²) < 4.78 is 67.4. The molecule has 1 amide bonds. The molecule has 1 heterocycles. The van der Waals surface area contributed by atoms with Gasteiger partial charge in [-0.05, 0) is 17.7 Å². The van der Waals surface area contributed by atoms with Crippen LogP contribution in [0.5, 0.6) is 0 Å². The Hall–Kier alpha value is -2.23. The van der Waals surface area contributed by atoms with Crippen LogP contribution in [-0.2, 0) is 12.7 Å². The van der Waals surface area contributed by atoms with Crippen LogP contribution in [0.25, 0.3) is 0 Å². The molecule has 0 unspecified atom stereocenters. The topological polar surface area (TPSA) is 46.9 Å². The van der Waals surface area contributed by atoms with Crippen LogP contribution in [0.4, 0.5) is 27.8 Å². The van der Waals surface area contributed by atoms with Gasteiger partial charge in [-0.25, -0.2) is 8.78 Å². The standard InChI is InChI=1S/C18H11F5N3O.Na/c19-13-6-3-7-14(20)16(13)17(27)24-15-8-9-26(25-15)10-11-4-1-2-5-12(11)18(21,22)23;/h1,3-9H,10H2,(H,24,25,27);/q-1;+1. The molecule has 0 radical (unpaired) electrons. The molecule has 0 fully saturated rings. The predicted molar refractivity (Wildman–Crippen MR) is 85.9 cm³/mol. The Labute approximate surface area is 178 Å². The van der Waals surface area contributed by atoms with Gasteiger partial charge in [0.05, 0.1) is 0 Å². The fraction of sp³-hybridized carbons (Fsp3) is 0.111. The summed E-state index contributed by atoms with van der Waals surface area (Å²) in [6, 6.07) is 10.1. The molecule has 0 spiro atoms. The van der Waals surface area contributed by atoms with Crippen molar-refractivity contribution in [3.05, 3.63) is 83.1 Å². The van der Waals surface area contributed by atoms with Crippen molar-refractivity contribution in [1.29, 1.82) is 0 Å². The van der Waals surface area contributed by atoms with Gasteiger partial charge in [0, 0.05) is 18.8 Å². The van der Waals surface area contributed by atoms with E-state index in [1.165, 1.54) is 24.4 Å². The summed E-state index contributed by atoms with van der Waals surface area (Å²) in [6.45, 7) is -0.215. The number of carbonyl (C=O) groups is 1. The Balaban J connectivity index is 0.00000280. The number of anilines is 1. The van der Waals surface area contributed by atoms with E-state index in [9.17, 15) is 26.7 Å². The number of hydrogen-bond donors (Lipinski definition) is 1. The van der Waals surface area contributed by atoms with Crippen molar-refractivity contribution in [2.24, 2.45) is 0 Å². The normalized spacial score (nSPS) is 11.0. The number of nitrogens with one attached hydrogen (secondary N) is 1. The summed E-state index contributed by atoms with van der Waals surface area (Å²) in [5.41, 5.74) is -1.66. The molecule has 0 bridgehead atoms. The number of carbonyl (C=O) groups excluding carboxylic acids is 1. The number of hydrogen-bond acceptors (Lipinski definition) is 2. The van der Waals surface area contributed by atoms with E-state index < -0.39 is 34.8 Å². The van der Waals surface area contributed by atoms with Gasteiger partial charge in [0.2, 0.25) is 0 Å². The third-order valence-corrected chi connectivity index (χ3v) is 3.66. The molecule has 3 aromatic rings. The van der Waals surface area contributed by atoms with E-state index >= 15 is 0 Å². The summed E-state index contributed by atoms with van der Waals surface area (Å²) >= 11 is 0. The van der Waals surface area contributed by atoms with Crippen LogP contribution in [0.2, 0.25) is 0 Å². The number of rotatable bonds is 4. The molecule has 1 aromatic heterocycles. The van der Waals surface area contributed by atoms with Gasteiger partial charge in [0.25, 0.3) is 5.91 Å². The summed E-state index contributed by atoms with van der Waals surface area (Å²) in [7, 11) is 0. The largest absolute Gasteiger partial charge is 1.00 e. The maximum absolute atomic E-state index is 13.6. The molecule has 0 saturated carbocycles. The molecule has 2 aromatic carbocycles. The quantitative estimate of drug-likeness (QED) is 0.406. The van der Waals surface area contributed by atoms with Crippen LogP contribution in [-0.4, -0.2) is 15.7 Å². The van der Waals surface area contributed by atoms with Gasteiger partial charge in [0.1, 0.15) is 17.2 Å². The van der Waals surface area contributed by atoms with Gasteiger partial charge in [-0.15, -0.1) is 5.56 Å². The molecule has 10 heteroatoms. The van der Waals surface area contributed by atoms with Crippen molar-refractivity contribution < 1.29 is 56.3 Å². The molecular weight excluding hydrogens is 392 g/mol. The first-order valence-corrected chi connectivity index (χ1v) is 7.60. The van der Waals surface area contributed by atoms with E-state index in [2.05, 4.69) is 16.5 Å². The second kappa shape index (κ2) is 8.85. The van der Waals surface area contributed by atoms with Crippen LogP contribution in [0.15, 0.2) is 48.7 Å². The molecule has 4 nitrogen and oxygen atoms in total. The molecule has 0 atom stereocenters. The molecule has 140 valence electrons. The molecule has 1 N–H and O–H groups in total. The van der Waals surface area contributed by atoms with Gasteiger partial charge < -0.3 is 5.32 Å². The molecule has 0 aliphatic rings. The first kappa shape index (κ1) is 22.1. The average molecular weight is 403 g/mol. The fourth-order valence-electron chi connectivity index (χ4n) is 2.45. The third-order valence-electron chi connectivity index (χ3n) is 3.66. The predicted octanol–water partition coefficient (Wildman–Crippen LogP) is 1.28. The third kappa shape index (κ3) is 4.98. The van der Waals surface area contributed by atoms with E-state index in [0.717, 1.165) is 28.9 Å². The Morgan fingerprint density at radius 3 is 2.46 bits per heavy atom. The molecular formula is C18H11F5N3NaO. The van der Waals surface area contributed by atoms with Gasteiger partial charge in [-0.3, -0.25) is 9.48 Å². The monoisotopic (exact) mass is 403 g/mol. The van der Waals surface area contributed by atoms with Gasteiger partial charge in [-0.1, -0.05) is 6.07 Å². The van der Waals surface area contributed by atoms with E-state index in [1.807, 2.05) is 0 Å². The fourth-order valence-corrected chi connectivity index (χ4v) is 2.45. The Morgan fingerprint density at radius 2 is 1.82 bits per heavy atom. The minimum Gasteiger partial charge on any atom is -0.305 e. The SMILES string of the molecule is O=C(Nc1ccn(Cc2cc[c-]cc2C(F)(F)F)n1)c1c(F)cccc1F.[Na+]. The summed E-state index contributed by atoms with van der Waals surface area (Å²) in [6.07, 6.45) is -3.20. The van der Waals surface area contributed by atoms with Crippen molar-refractivity contribution >= 4 is 11.7 Å². The Morgan fingerprint density at radius 1 is 1.14 bits per heavy atom. The van der Waals surface area contributed by atoms with Gasteiger partial charge in [-0.2, -0.15) is 42.5 Å². The van der Waals surface area contributed by atoms with Crippen molar-refractivity contribution in [3.63, 3.8) is 0 Å². The molecule has 0 aliphatic carbocycles. The van der Waals surface area contributed by atoms with Crippen LogP contribution >= 0.6 is 0 Å². The number of aromatic nitrogens is 2. The van der Waals surface area contributed by atoms with Gasteiger partial charge in [0.15, 0.2) is 5.82 Å². The van der Waals surface area contributed by atoms with E-state index in [1.54, 1.807) is 0 Å². The van der Waals surface area contributed by atoms with Gasteiger partial charge >= 0.3 is 35.7 Å². The number of halogens is 5. The smallest absolute Gasteiger partial charge is 0.305 e. The number of amides is 1. The van der Waals surface area contributed by atoms with Crippen molar-refractivity contribution in [1.82, 2.24) is 9.78 Å². The van der Waals surface area contributed by atoms with E-state index in [-0.39, 0.29) is 47.5 Å². The first-order valence-electron chi connectivity index (χ1n) is 7.60. The average Bonchev–Trinajstić information content (AvgIpc) is 3.01. The molecule has 0 aliphatic heterocycles. The van der Waals surface area contributed by atoms with E-state index in [4.69, 9.17) is 0 Å². The van der Waals surface area contributed by atoms with Crippen LogP contribution < -0.4 is 34.9 Å². The molecule has 3 rings (SSSR count). The zero-order chi connectivity index (χ0) is 19.6. The molecule has 28 heavy (non-hydrogen) atoms. The molecule has 0 saturated heterocycles. The Bertz CT molecular complexity index is 967. The number of benzene rings is 2. The second-order valence-corrected chi connectivity index (χ2v) is 5.53. The summed E-state index contributed by atoms with van der Waals surface area (Å²) in [4.78, 5) is 12.0. The van der Waals surface area contributed by atoms with E-state index in [0.29, 0.717) is 0 Å². The maximum atomic E-state index is 13.6. The first-order chi connectivity index (χ1) is 12.8. The number of nitrogens with zero attached hydrogens (tertiary/aromatic N) is 2. The summed E-state index contributed by atoms with van der Waals surface area (Å²) in [5.74, 6) is -3.19. The van der Waals surface area contributed by atoms with Crippen molar-refractivity contribution in [3.8, 4) is 0 Å². The zero-order valence-corrected chi connectivity index (χ0v) is 16.5. The Kier molecular flexibility index (Phi) is 6.97. The maximum Gasteiger partial charge on any atom is 1.00 e. The van der Waals surface area contributed by atoms with Crippen LogP contribution in [0.1, 0.15) is 21.5 Å². The van der Waals surface area contributed by atoms with Crippen LogP contribution in [0.3, 0.4) is 0 Å². The minimum absolute atomic E-state index is 0. The zero-order valence-electron chi connectivity index (χ0n) is 14.5. The minimum atomic E-state index is -4.54. The van der Waals surface area contributed by atoms with Crippen molar-refractivity contribution in [2.45, 2.75) is 12.7 Å².